The molecule has 1 aliphatic rings. The summed E-state index contributed by atoms with van der Waals surface area (Å²) in [6, 6.07) is 20.8. The van der Waals surface area contributed by atoms with Crippen molar-refractivity contribution in [2.75, 3.05) is 0 Å². The average molecular weight is 284 g/mol. The first-order chi connectivity index (χ1) is 9.90. The lowest BCUT2D eigenvalue weighted by atomic mass is 10.0. The quantitative estimate of drug-likeness (QED) is 0.621. The zero-order valence-electron chi connectivity index (χ0n) is 11.7. The van der Waals surface area contributed by atoms with Gasteiger partial charge in [-0.05, 0) is 24.0 Å². The summed E-state index contributed by atoms with van der Waals surface area (Å²) in [7, 11) is 0.376. The summed E-state index contributed by atoms with van der Waals surface area (Å²) < 4.78 is 10.3. The molecule has 0 bridgehead atoms. The van der Waals surface area contributed by atoms with Crippen molar-refractivity contribution in [1.29, 1.82) is 0 Å². The van der Waals surface area contributed by atoms with Gasteiger partial charge >= 0.3 is 0 Å². The Morgan fingerprint density at radius 3 is 1.50 bits per heavy atom. The maximum absolute atomic E-state index is 10.3. The first-order valence-corrected chi connectivity index (χ1v) is 8.21. The number of hydrogen-bond acceptors (Lipinski definition) is 1. The molecule has 0 heterocycles. The molecule has 1 saturated carbocycles. The van der Waals surface area contributed by atoms with Crippen molar-refractivity contribution in [2.24, 2.45) is 0 Å². The minimum absolute atomic E-state index is 0.376. The Hall–Kier alpha value is -1.46. The normalized spacial score (nSPS) is 15.4. The lowest BCUT2D eigenvalue weighted by Gasteiger charge is -2.13. The zero-order chi connectivity index (χ0) is 14.0. The largest absolute Gasteiger partial charge is 0.275 e. The second kappa shape index (κ2) is 8.66. The molecule has 3 rings (SSSR count). The Kier molecular flexibility index (Phi) is 6.47. The molecule has 0 aromatic heterocycles. The number of rotatable bonds is 2. The summed E-state index contributed by atoms with van der Waals surface area (Å²) in [6.07, 6.45) is 6.31. The van der Waals surface area contributed by atoms with Crippen LogP contribution in [0, 0.1) is 0 Å². The van der Waals surface area contributed by atoms with Crippen molar-refractivity contribution in [3.8, 4) is 11.1 Å². The molecule has 0 aliphatic heterocycles. The van der Waals surface area contributed by atoms with Gasteiger partial charge in [-0.1, -0.05) is 79.9 Å². The Labute approximate surface area is 123 Å². The third kappa shape index (κ3) is 4.90. The summed E-state index contributed by atoms with van der Waals surface area (Å²) in [6.45, 7) is 0. The van der Waals surface area contributed by atoms with Crippen LogP contribution in [0.4, 0.5) is 0 Å². The minimum Gasteiger partial charge on any atom is -0.275 e. The molecule has 0 atom stereocenters. The summed E-state index contributed by atoms with van der Waals surface area (Å²) in [5.41, 5.74) is 3.06. The summed E-state index contributed by atoms with van der Waals surface area (Å²) in [5, 5.41) is 0. The van der Waals surface area contributed by atoms with Crippen molar-refractivity contribution in [2.45, 2.75) is 37.8 Å². The third-order valence-electron chi connectivity index (χ3n) is 3.60. The van der Waals surface area contributed by atoms with Gasteiger partial charge in [-0.3, -0.25) is 4.57 Å². The van der Waals surface area contributed by atoms with E-state index < -0.39 is 0 Å². The molecule has 20 heavy (non-hydrogen) atoms. The molecule has 0 saturated heterocycles. The van der Waals surface area contributed by atoms with Crippen LogP contribution in [0.5, 0.6) is 0 Å². The van der Waals surface area contributed by atoms with E-state index in [1.165, 1.54) is 43.2 Å². The van der Waals surface area contributed by atoms with E-state index in [9.17, 15) is 4.57 Å². The molecular weight excluding hydrogens is 263 g/mol. The maximum Gasteiger partial charge on any atom is 0.158 e. The van der Waals surface area contributed by atoms with E-state index in [0.717, 1.165) is 0 Å². The highest BCUT2D eigenvalue weighted by Gasteiger charge is 2.11. The molecular formula is C18H21OP. The first-order valence-electron chi connectivity index (χ1n) is 7.33. The fourth-order valence-corrected chi connectivity index (χ4v) is 3.02. The van der Waals surface area contributed by atoms with E-state index in [2.05, 4.69) is 48.5 Å². The first kappa shape index (κ1) is 14.9. The second-order valence-electron chi connectivity index (χ2n) is 5.13. The molecule has 0 amide bonds. The van der Waals surface area contributed by atoms with Crippen LogP contribution in [0.2, 0.25) is 0 Å². The van der Waals surface area contributed by atoms with Crippen LogP contribution >= 0.6 is 8.46 Å². The Balaban J connectivity index is 0.000000160. The van der Waals surface area contributed by atoms with E-state index in [-0.39, 0.29) is 0 Å². The van der Waals surface area contributed by atoms with E-state index in [4.69, 9.17) is 0 Å². The third-order valence-corrected chi connectivity index (χ3v) is 4.42. The van der Waals surface area contributed by atoms with Crippen molar-refractivity contribution in [3.63, 3.8) is 0 Å². The topological polar surface area (TPSA) is 17.1 Å². The van der Waals surface area contributed by atoms with Gasteiger partial charge in [-0.2, -0.15) is 0 Å². The van der Waals surface area contributed by atoms with Gasteiger partial charge in [0.25, 0.3) is 0 Å². The SMILES string of the molecule is O=PC1CCCCC1.c1ccc(-c2ccccc2)cc1. The van der Waals surface area contributed by atoms with Crippen molar-refractivity contribution < 1.29 is 4.57 Å². The van der Waals surface area contributed by atoms with Crippen LogP contribution in [0.15, 0.2) is 60.7 Å². The number of benzene rings is 2. The van der Waals surface area contributed by atoms with Gasteiger partial charge in [0, 0.05) is 5.66 Å². The smallest absolute Gasteiger partial charge is 0.158 e. The molecule has 1 fully saturated rings. The summed E-state index contributed by atoms with van der Waals surface area (Å²) >= 11 is 0. The fourth-order valence-electron chi connectivity index (χ4n) is 2.45. The van der Waals surface area contributed by atoms with Gasteiger partial charge in [0.05, 0.1) is 0 Å². The number of hydrogen-bond donors (Lipinski definition) is 0. The average Bonchev–Trinajstić information content (AvgIpc) is 2.58. The Morgan fingerprint density at radius 2 is 1.15 bits per heavy atom. The Bertz CT molecular complexity index is 452. The van der Waals surface area contributed by atoms with E-state index in [0.29, 0.717) is 14.1 Å². The molecule has 2 heteroatoms. The lowest BCUT2D eigenvalue weighted by Crippen LogP contribution is -2.03. The van der Waals surface area contributed by atoms with Gasteiger partial charge in [-0.25, -0.2) is 0 Å². The molecule has 2 aromatic rings. The van der Waals surface area contributed by atoms with Crippen LogP contribution in [-0.2, 0) is 4.57 Å². The molecule has 1 aliphatic carbocycles. The summed E-state index contributed by atoms with van der Waals surface area (Å²) in [5.74, 6) is 0. The second-order valence-corrected chi connectivity index (χ2v) is 6.07. The summed E-state index contributed by atoms with van der Waals surface area (Å²) in [4.78, 5) is 0. The highest BCUT2D eigenvalue weighted by molar-refractivity contribution is 7.24. The van der Waals surface area contributed by atoms with Crippen LogP contribution < -0.4 is 0 Å². The van der Waals surface area contributed by atoms with E-state index in [1.807, 2.05) is 12.1 Å². The molecule has 2 aromatic carbocycles. The molecule has 0 unspecified atom stereocenters. The predicted octanol–water partition coefficient (Wildman–Crippen LogP) is 5.96. The van der Waals surface area contributed by atoms with Crippen LogP contribution in [-0.4, -0.2) is 5.66 Å². The van der Waals surface area contributed by atoms with Gasteiger partial charge in [-0.15, -0.1) is 0 Å². The predicted molar refractivity (Wildman–Crippen MR) is 86.4 cm³/mol. The van der Waals surface area contributed by atoms with Crippen molar-refractivity contribution in [1.82, 2.24) is 0 Å². The highest BCUT2D eigenvalue weighted by atomic mass is 31.1. The standard InChI is InChI=1S/C12H10.C6H11OP/c1-3-7-11(8-4-1)12-9-5-2-6-10-12;7-8-6-4-2-1-3-5-6/h1-10H;6H,1-5H2. The van der Waals surface area contributed by atoms with Gasteiger partial charge in [0.1, 0.15) is 0 Å². The fraction of sp³-hybridized carbons (Fsp3) is 0.333. The van der Waals surface area contributed by atoms with Crippen LogP contribution in [0.25, 0.3) is 11.1 Å². The van der Waals surface area contributed by atoms with Crippen molar-refractivity contribution in [3.05, 3.63) is 60.7 Å². The molecule has 0 radical (unpaired) electrons. The highest BCUT2D eigenvalue weighted by Crippen LogP contribution is 2.26. The Morgan fingerprint density at radius 1 is 0.700 bits per heavy atom. The molecule has 104 valence electrons. The molecule has 1 nitrogen and oxygen atoms in total. The van der Waals surface area contributed by atoms with E-state index >= 15 is 0 Å². The maximum atomic E-state index is 10.3. The van der Waals surface area contributed by atoms with Gasteiger partial charge in [0.2, 0.25) is 0 Å². The molecule has 0 N–H and O–H groups in total. The minimum atomic E-state index is 0.376. The zero-order valence-corrected chi connectivity index (χ0v) is 12.6. The van der Waals surface area contributed by atoms with Crippen molar-refractivity contribution >= 4 is 8.46 Å². The van der Waals surface area contributed by atoms with E-state index in [1.54, 1.807) is 0 Å². The van der Waals surface area contributed by atoms with Gasteiger partial charge < -0.3 is 0 Å². The molecule has 0 spiro atoms. The van der Waals surface area contributed by atoms with Crippen LogP contribution in [0.3, 0.4) is 0 Å². The lowest BCUT2D eigenvalue weighted by molar-refractivity contribution is 0.498. The van der Waals surface area contributed by atoms with Crippen LogP contribution in [0.1, 0.15) is 32.1 Å². The monoisotopic (exact) mass is 284 g/mol. The van der Waals surface area contributed by atoms with Gasteiger partial charge in [0.15, 0.2) is 8.46 Å².